The summed E-state index contributed by atoms with van der Waals surface area (Å²) in [6.45, 7) is 1.59. The molecule has 0 amide bonds. The van der Waals surface area contributed by atoms with E-state index in [0.717, 1.165) is 12.1 Å². The molecular weight excluding hydrogens is 296 g/mol. The Morgan fingerprint density at radius 1 is 1.00 bits per heavy atom. The van der Waals surface area contributed by atoms with Crippen LogP contribution < -0.4 is 0 Å². The van der Waals surface area contributed by atoms with Gasteiger partial charge in [0.2, 0.25) is 0 Å². The van der Waals surface area contributed by atoms with Gasteiger partial charge >= 0.3 is 0 Å². The highest BCUT2D eigenvalue weighted by Gasteiger charge is 2.20. The quantitative estimate of drug-likeness (QED) is 0.515. The molecule has 0 aromatic heterocycles. The second-order valence-corrected chi connectivity index (χ2v) is 4.97. The van der Waals surface area contributed by atoms with Crippen LogP contribution in [0, 0.1) is 24.4 Å². The van der Waals surface area contributed by atoms with Crippen molar-refractivity contribution in [1.29, 1.82) is 0 Å². The number of rotatable bonds is 2. The minimum absolute atomic E-state index is 0.0418. The molecule has 1 unspecified atom stereocenters. The molecule has 2 rings (SSSR count). The maximum Gasteiger partial charge on any atom is 0.160 e. The minimum atomic E-state index is -1.07. The third-order valence-electron chi connectivity index (χ3n) is 2.81. The van der Waals surface area contributed by atoms with Gasteiger partial charge < -0.3 is 0 Å². The molecule has 0 aliphatic carbocycles. The number of aryl methyl sites for hydroxylation is 1. The van der Waals surface area contributed by atoms with Crippen molar-refractivity contribution >= 4 is 23.2 Å². The Balaban J connectivity index is 2.53. The average molecular weight is 305 g/mol. The summed E-state index contributed by atoms with van der Waals surface area (Å²) in [5, 5.41) is -1.03. The summed E-state index contributed by atoms with van der Waals surface area (Å²) in [4.78, 5) is 0. The van der Waals surface area contributed by atoms with Crippen molar-refractivity contribution in [3.8, 4) is 0 Å². The zero-order valence-corrected chi connectivity index (χ0v) is 11.4. The molecule has 0 aliphatic rings. The Hall–Kier alpha value is -1.19. The molecule has 100 valence electrons. The van der Waals surface area contributed by atoms with Crippen molar-refractivity contribution in [2.45, 2.75) is 12.3 Å². The van der Waals surface area contributed by atoms with Gasteiger partial charge in [0, 0.05) is 10.6 Å². The Kier molecular flexibility index (Phi) is 4.07. The van der Waals surface area contributed by atoms with Crippen LogP contribution in [0.1, 0.15) is 22.1 Å². The van der Waals surface area contributed by atoms with Gasteiger partial charge in [-0.15, -0.1) is 11.6 Å². The van der Waals surface area contributed by atoms with Gasteiger partial charge in [0.25, 0.3) is 0 Å². The highest BCUT2D eigenvalue weighted by Crippen LogP contribution is 2.36. The molecule has 1 atom stereocenters. The van der Waals surface area contributed by atoms with Crippen LogP contribution in [0.25, 0.3) is 0 Å². The van der Waals surface area contributed by atoms with E-state index in [1.807, 2.05) is 0 Å². The molecule has 19 heavy (non-hydrogen) atoms. The lowest BCUT2D eigenvalue weighted by atomic mass is 10.0. The first kappa shape index (κ1) is 14.2. The lowest BCUT2D eigenvalue weighted by molar-refractivity contribution is 0.507. The van der Waals surface area contributed by atoms with Gasteiger partial charge in [0.1, 0.15) is 5.82 Å². The molecule has 2 aromatic rings. The Labute approximate surface area is 118 Å². The third kappa shape index (κ3) is 2.72. The van der Waals surface area contributed by atoms with E-state index >= 15 is 0 Å². The first-order chi connectivity index (χ1) is 8.91. The summed E-state index contributed by atoms with van der Waals surface area (Å²) in [6, 6.07) is 6.43. The average Bonchev–Trinajstić information content (AvgIpc) is 2.36. The Bertz CT molecular complexity index is 626. The lowest BCUT2D eigenvalue weighted by Crippen LogP contribution is -2.01. The zero-order chi connectivity index (χ0) is 14.2. The van der Waals surface area contributed by atoms with Crippen LogP contribution >= 0.6 is 23.2 Å². The van der Waals surface area contributed by atoms with Crippen LogP contribution in [0.15, 0.2) is 30.3 Å². The molecule has 0 nitrogen and oxygen atoms in total. The molecule has 0 fully saturated rings. The van der Waals surface area contributed by atoms with Crippen LogP contribution in [0.5, 0.6) is 0 Å². The SMILES string of the molecule is Cc1cccc(C(Cl)c2cc(F)c(F)cc2Cl)c1F. The molecule has 0 saturated heterocycles. The lowest BCUT2D eigenvalue weighted by Gasteiger charge is -2.14. The fraction of sp³-hybridized carbons (Fsp3) is 0.143. The van der Waals surface area contributed by atoms with Crippen LogP contribution in [-0.2, 0) is 0 Å². The molecule has 0 radical (unpaired) electrons. The van der Waals surface area contributed by atoms with E-state index < -0.39 is 22.8 Å². The summed E-state index contributed by atoms with van der Waals surface area (Å²) < 4.78 is 40.2. The summed E-state index contributed by atoms with van der Waals surface area (Å²) >= 11 is 11.9. The van der Waals surface area contributed by atoms with Gasteiger partial charge in [-0.05, 0) is 30.2 Å². The van der Waals surface area contributed by atoms with Gasteiger partial charge in [-0.3, -0.25) is 0 Å². The van der Waals surface area contributed by atoms with Crippen molar-refractivity contribution in [3.63, 3.8) is 0 Å². The van der Waals surface area contributed by atoms with Crippen LogP contribution in [0.3, 0.4) is 0 Å². The maximum atomic E-state index is 14.0. The third-order valence-corrected chi connectivity index (χ3v) is 3.60. The van der Waals surface area contributed by atoms with Gasteiger partial charge in [-0.1, -0.05) is 29.8 Å². The smallest absolute Gasteiger partial charge is 0.160 e. The second-order valence-electron chi connectivity index (χ2n) is 4.13. The van der Waals surface area contributed by atoms with Crippen molar-refractivity contribution < 1.29 is 13.2 Å². The highest BCUT2D eigenvalue weighted by molar-refractivity contribution is 6.33. The highest BCUT2D eigenvalue weighted by atomic mass is 35.5. The first-order valence-electron chi connectivity index (χ1n) is 5.45. The topological polar surface area (TPSA) is 0 Å². The van der Waals surface area contributed by atoms with E-state index in [-0.39, 0.29) is 16.1 Å². The van der Waals surface area contributed by atoms with Crippen LogP contribution in [-0.4, -0.2) is 0 Å². The minimum Gasteiger partial charge on any atom is -0.206 e. The molecule has 5 heteroatoms. The van der Waals surface area contributed by atoms with Crippen molar-refractivity contribution in [3.05, 3.63) is 69.5 Å². The van der Waals surface area contributed by atoms with Crippen molar-refractivity contribution in [2.24, 2.45) is 0 Å². The van der Waals surface area contributed by atoms with Crippen molar-refractivity contribution in [2.75, 3.05) is 0 Å². The first-order valence-corrected chi connectivity index (χ1v) is 6.26. The second kappa shape index (κ2) is 5.43. The number of benzene rings is 2. The molecule has 0 saturated carbocycles. The predicted octanol–water partition coefficient (Wildman–Crippen LogP) is 5.39. The van der Waals surface area contributed by atoms with E-state index in [4.69, 9.17) is 23.2 Å². The molecular formula is C14H9Cl2F3. The van der Waals surface area contributed by atoms with E-state index in [0.29, 0.717) is 5.56 Å². The summed E-state index contributed by atoms with van der Waals surface area (Å²) in [5.41, 5.74) is 0.725. The van der Waals surface area contributed by atoms with E-state index in [2.05, 4.69) is 0 Å². The monoisotopic (exact) mass is 304 g/mol. The van der Waals surface area contributed by atoms with Gasteiger partial charge in [0.15, 0.2) is 11.6 Å². The van der Waals surface area contributed by atoms with E-state index in [9.17, 15) is 13.2 Å². The largest absolute Gasteiger partial charge is 0.206 e. The predicted molar refractivity (Wildman–Crippen MR) is 70.2 cm³/mol. The Morgan fingerprint density at radius 2 is 1.63 bits per heavy atom. The number of hydrogen-bond donors (Lipinski definition) is 0. The molecule has 0 N–H and O–H groups in total. The summed E-state index contributed by atoms with van der Waals surface area (Å²) in [6.07, 6.45) is 0. The molecule has 2 aromatic carbocycles. The number of hydrogen-bond acceptors (Lipinski definition) is 0. The van der Waals surface area contributed by atoms with Crippen LogP contribution in [0.2, 0.25) is 5.02 Å². The zero-order valence-electron chi connectivity index (χ0n) is 9.85. The molecule has 0 heterocycles. The van der Waals surface area contributed by atoms with Gasteiger partial charge in [-0.25, -0.2) is 13.2 Å². The fourth-order valence-electron chi connectivity index (χ4n) is 1.77. The van der Waals surface area contributed by atoms with Crippen molar-refractivity contribution in [1.82, 2.24) is 0 Å². The maximum absolute atomic E-state index is 14.0. The Morgan fingerprint density at radius 3 is 2.32 bits per heavy atom. The summed E-state index contributed by atoms with van der Waals surface area (Å²) in [5.74, 6) is -2.62. The molecule has 0 aliphatic heterocycles. The summed E-state index contributed by atoms with van der Waals surface area (Å²) in [7, 11) is 0. The fourth-order valence-corrected chi connectivity index (χ4v) is 2.43. The van der Waals surface area contributed by atoms with Gasteiger partial charge in [0.05, 0.1) is 5.38 Å². The molecule has 0 spiro atoms. The van der Waals surface area contributed by atoms with Crippen LogP contribution in [0.4, 0.5) is 13.2 Å². The number of halogens is 5. The van der Waals surface area contributed by atoms with Gasteiger partial charge in [-0.2, -0.15) is 0 Å². The van der Waals surface area contributed by atoms with E-state index in [1.54, 1.807) is 19.1 Å². The standard InChI is InChI=1S/C14H9Cl2F3/c1-7-3-2-4-8(14(7)19)13(16)9-5-11(17)12(18)6-10(9)15/h2-6,13H,1H3. The number of alkyl halides is 1. The normalized spacial score (nSPS) is 12.5. The molecule has 0 bridgehead atoms. The van der Waals surface area contributed by atoms with E-state index in [1.165, 1.54) is 6.07 Å².